The summed E-state index contributed by atoms with van der Waals surface area (Å²) in [6.07, 6.45) is 3.25. The quantitative estimate of drug-likeness (QED) is 0.271. The van der Waals surface area contributed by atoms with Gasteiger partial charge in [0.2, 0.25) is 0 Å². The van der Waals surface area contributed by atoms with E-state index in [2.05, 4.69) is 0 Å². The summed E-state index contributed by atoms with van der Waals surface area (Å²) in [5.41, 5.74) is 1.42. The summed E-state index contributed by atoms with van der Waals surface area (Å²) in [6, 6.07) is 17.4. The molecule has 0 fully saturated rings. The van der Waals surface area contributed by atoms with Gasteiger partial charge in [-0.3, -0.25) is 4.79 Å². The van der Waals surface area contributed by atoms with Crippen molar-refractivity contribution in [2.24, 2.45) is 0 Å². The number of ether oxygens (including phenoxy) is 2. The third-order valence-corrected chi connectivity index (χ3v) is 4.46. The smallest absolute Gasteiger partial charge is 0.353 e. The van der Waals surface area contributed by atoms with Crippen LogP contribution in [0.25, 0.3) is 6.08 Å². The standard InChI is InChI=1S/C21H16O4S/c1-24-17-9-4-15(5-10-17)6-13-19(22)16-7-11-18(12-8-16)25-21(23)20-3-2-14-26-20/h2-14H,1H3/b13-6+. The largest absolute Gasteiger partial charge is 0.497 e. The number of esters is 1. The maximum absolute atomic E-state index is 12.2. The van der Waals surface area contributed by atoms with Crippen LogP contribution in [-0.2, 0) is 0 Å². The van der Waals surface area contributed by atoms with Crippen molar-refractivity contribution in [3.8, 4) is 11.5 Å². The average molecular weight is 364 g/mol. The molecule has 5 heteroatoms. The number of carbonyl (C=O) groups is 2. The maximum Gasteiger partial charge on any atom is 0.353 e. The third kappa shape index (κ3) is 4.46. The molecule has 0 saturated carbocycles. The molecule has 3 rings (SSSR count). The number of rotatable bonds is 6. The highest BCUT2D eigenvalue weighted by atomic mass is 32.1. The van der Waals surface area contributed by atoms with Gasteiger partial charge in [-0.15, -0.1) is 11.3 Å². The van der Waals surface area contributed by atoms with Crippen molar-refractivity contribution in [1.82, 2.24) is 0 Å². The van der Waals surface area contributed by atoms with E-state index in [4.69, 9.17) is 9.47 Å². The monoisotopic (exact) mass is 364 g/mol. The number of benzene rings is 2. The van der Waals surface area contributed by atoms with Gasteiger partial charge < -0.3 is 9.47 Å². The molecule has 0 spiro atoms. The second-order valence-corrected chi connectivity index (χ2v) is 6.31. The van der Waals surface area contributed by atoms with Crippen LogP contribution in [0, 0.1) is 0 Å². The molecule has 0 amide bonds. The van der Waals surface area contributed by atoms with Gasteiger partial charge in [0.25, 0.3) is 0 Å². The Morgan fingerprint density at radius 3 is 2.23 bits per heavy atom. The van der Waals surface area contributed by atoms with Gasteiger partial charge in [-0.05, 0) is 59.5 Å². The molecule has 0 saturated heterocycles. The SMILES string of the molecule is COc1ccc(/C=C/C(=O)c2ccc(OC(=O)c3cccs3)cc2)cc1. The van der Waals surface area contributed by atoms with Crippen molar-refractivity contribution >= 4 is 29.2 Å². The minimum absolute atomic E-state index is 0.128. The lowest BCUT2D eigenvalue weighted by Gasteiger charge is -2.03. The number of hydrogen-bond acceptors (Lipinski definition) is 5. The fraction of sp³-hybridized carbons (Fsp3) is 0.0476. The summed E-state index contributed by atoms with van der Waals surface area (Å²) in [5.74, 6) is 0.635. The Hall–Kier alpha value is -3.18. The summed E-state index contributed by atoms with van der Waals surface area (Å²) in [7, 11) is 1.61. The number of hydrogen-bond donors (Lipinski definition) is 0. The van der Waals surface area contributed by atoms with Crippen LogP contribution < -0.4 is 9.47 Å². The summed E-state index contributed by atoms with van der Waals surface area (Å²) >= 11 is 1.32. The first-order valence-electron chi connectivity index (χ1n) is 7.88. The molecule has 26 heavy (non-hydrogen) atoms. The van der Waals surface area contributed by atoms with Crippen LogP contribution >= 0.6 is 11.3 Å². The fourth-order valence-corrected chi connectivity index (χ4v) is 2.82. The van der Waals surface area contributed by atoms with Gasteiger partial charge in [-0.25, -0.2) is 4.79 Å². The zero-order valence-corrected chi connectivity index (χ0v) is 14.9. The normalized spacial score (nSPS) is 10.7. The molecule has 0 aliphatic rings. The second kappa shape index (κ2) is 8.27. The van der Waals surface area contributed by atoms with Crippen LogP contribution in [0.3, 0.4) is 0 Å². The number of ketones is 1. The van der Waals surface area contributed by atoms with Crippen LogP contribution in [0.1, 0.15) is 25.6 Å². The molecular weight excluding hydrogens is 348 g/mol. The number of carbonyl (C=O) groups excluding carboxylic acids is 2. The first kappa shape index (κ1) is 17.6. The van der Waals surface area contributed by atoms with Gasteiger partial charge in [0.15, 0.2) is 5.78 Å². The van der Waals surface area contributed by atoms with Crippen LogP contribution in [0.4, 0.5) is 0 Å². The molecule has 4 nitrogen and oxygen atoms in total. The first-order valence-corrected chi connectivity index (χ1v) is 8.76. The van der Waals surface area contributed by atoms with Crippen molar-refractivity contribution in [2.45, 2.75) is 0 Å². The minimum atomic E-state index is -0.404. The molecule has 2 aromatic carbocycles. The van der Waals surface area contributed by atoms with E-state index >= 15 is 0 Å². The summed E-state index contributed by atoms with van der Waals surface area (Å²) in [6.45, 7) is 0. The van der Waals surface area contributed by atoms with E-state index in [-0.39, 0.29) is 5.78 Å². The molecule has 1 heterocycles. The summed E-state index contributed by atoms with van der Waals surface area (Å²) < 4.78 is 10.4. The van der Waals surface area contributed by atoms with Gasteiger partial charge in [-0.2, -0.15) is 0 Å². The Morgan fingerprint density at radius 2 is 1.62 bits per heavy atom. The van der Waals surface area contributed by atoms with Gasteiger partial charge in [-0.1, -0.05) is 24.3 Å². The molecular formula is C21H16O4S. The molecule has 0 bridgehead atoms. The predicted octanol–water partition coefficient (Wildman–Crippen LogP) is 4.87. The van der Waals surface area contributed by atoms with Crippen LogP contribution in [0.2, 0.25) is 0 Å². The van der Waals surface area contributed by atoms with E-state index in [0.717, 1.165) is 11.3 Å². The highest BCUT2D eigenvalue weighted by Gasteiger charge is 2.10. The Bertz CT molecular complexity index is 908. The predicted molar refractivity (Wildman–Crippen MR) is 102 cm³/mol. The lowest BCUT2D eigenvalue weighted by Crippen LogP contribution is -2.06. The highest BCUT2D eigenvalue weighted by Crippen LogP contribution is 2.17. The van der Waals surface area contributed by atoms with Crippen molar-refractivity contribution in [3.05, 3.63) is 88.1 Å². The van der Waals surface area contributed by atoms with Crippen LogP contribution in [0.5, 0.6) is 11.5 Å². The van der Waals surface area contributed by atoms with Crippen molar-refractivity contribution in [2.75, 3.05) is 7.11 Å². The molecule has 0 unspecified atom stereocenters. The van der Waals surface area contributed by atoms with E-state index < -0.39 is 5.97 Å². The maximum atomic E-state index is 12.2. The zero-order valence-electron chi connectivity index (χ0n) is 14.0. The highest BCUT2D eigenvalue weighted by molar-refractivity contribution is 7.12. The molecule has 3 aromatic rings. The first-order chi connectivity index (χ1) is 12.7. The lowest BCUT2D eigenvalue weighted by molar-refractivity contribution is 0.0740. The van der Waals surface area contributed by atoms with Gasteiger partial charge in [0.05, 0.1) is 7.11 Å². The van der Waals surface area contributed by atoms with Crippen LogP contribution in [-0.4, -0.2) is 18.9 Å². The molecule has 0 aliphatic heterocycles. The van der Waals surface area contributed by atoms with E-state index in [9.17, 15) is 9.59 Å². The summed E-state index contributed by atoms with van der Waals surface area (Å²) in [5, 5.41) is 1.81. The molecule has 0 radical (unpaired) electrons. The lowest BCUT2D eigenvalue weighted by atomic mass is 10.1. The van der Waals surface area contributed by atoms with E-state index in [1.807, 2.05) is 29.6 Å². The molecule has 0 atom stereocenters. The van der Waals surface area contributed by atoms with Crippen molar-refractivity contribution in [3.63, 3.8) is 0 Å². The Balaban J connectivity index is 1.62. The van der Waals surface area contributed by atoms with Crippen LogP contribution in [0.15, 0.2) is 72.1 Å². The van der Waals surface area contributed by atoms with Gasteiger partial charge >= 0.3 is 5.97 Å². The Morgan fingerprint density at radius 1 is 0.923 bits per heavy atom. The molecule has 0 aliphatic carbocycles. The molecule has 1 aromatic heterocycles. The second-order valence-electron chi connectivity index (χ2n) is 5.36. The van der Waals surface area contributed by atoms with E-state index in [1.54, 1.807) is 49.6 Å². The fourth-order valence-electron chi connectivity index (χ4n) is 2.22. The Labute approximate surface area is 155 Å². The number of thiophene rings is 1. The number of allylic oxidation sites excluding steroid dienone is 1. The topological polar surface area (TPSA) is 52.6 Å². The van der Waals surface area contributed by atoms with E-state index in [1.165, 1.54) is 17.4 Å². The third-order valence-electron chi connectivity index (χ3n) is 3.61. The van der Waals surface area contributed by atoms with Crippen molar-refractivity contribution in [1.29, 1.82) is 0 Å². The minimum Gasteiger partial charge on any atom is -0.497 e. The average Bonchev–Trinajstić information content (AvgIpc) is 3.22. The molecule has 0 N–H and O–H groups in total. The number of methoxy groups -OCH3 is 1. The Kier molecular flexibility index (Phi) is 5.61. The zero-order chi connectivity index (χ0) is 18.4. The van der Waals surface area contributed by atoms with E-state index in [0.29, 0.717) is 16.2 Å². The van der Waals surface area contributed by atoms with Gasteiger partial charge in [0.1, 0.15) is 16.4 Å². The molecule has 130 valence electrons. The van der Waals surface area contributed by atoms with Gasteiger partial charge in [0, 0.05) is 5.56 Å². The summed E-state index contributed by atoms with van der Waals surface area (Å²) in [4.78, 5) is 24.7. The van der Waals surface area contributed by atoms with Crippen molar-refractivity contribution < 1.29 is 19.1 Å².